The minimum atomic E-state index is -1.09. The number of halogens is 2. The summed E-state index contributed by atoms with van der Waals surface area (Å²) in [6.07, 6.45) is 0.217. The monoisotopic (exact) mass is 349 g/mol. The summed E-state index contributed by atoms with van der Waals surface area (Å²) in [6, 6.07) is 3.50. The number of aromatic nitrogens is 3. The number of H-pyrrole nitrogens is 1. The van der Waals surface area contributed by atoms with Gasteiger partial charge in [-0.25, -0.2) is 18.7 Å². The molecular formula is C16H17F2N5O2. The molecule has 0 spiro atoms. The SMILES string of the molecule is CCn1c([C@@H]2C[C@H](OC)CN2c2cc(C#N)cc(F)c2F)n[nH]c1=O. The van der Waals surface area contributed by atoms with Gasteiger partial charge in [-0.05, 0) is 19.1 Å². The standard InChI is InChI=1S/C16H17F2N5O2/c1-3-22-15(20-21-16(22)24)13-6-10(25-2)8-23(13)12-5-9(7-19)4-11(17)14(12)18/h4-5,10,13H,3,6,8H2,1-2H3,(H,21,24)/t10-,13-/m0/s1. The van der Waals surface area contributed by atoms with Crippen LogP contribution in [0.4, 0.5) is 14.5 Å². The zero-order valence-electron chi connectivity index (χ0n) is 13.8. The number of rotatable bonds is 4. The van der Waals surface area contributed by atoms with E-state index in [1.807, 2.05) is 6.07 Å². The highest BCUT2D eigenvalue weighted by molar-refractivity contribution is 5.55. The molecule has 1 aliphatic heterocycles. The van der Waals surface area contributed by atoms with Crippen molar-refractivity contribution < 1.29 is 13.5 Å². The van der Waals surface area contributed by atoms with Gasteiger partial charge in [-0.2, -0.15) is 10.4 Å². The van der Waals surface area contributed by atoms with E-state index in [1.165, 1.54) is 17.7 Å². The van der Waals surface area contributed by atoms with Crippen molar-refractivity contribution >= 4 is 5.69 Å². The third-order valence-corrected chi connectivity index (χ3v) is 4.45. The minimum Gasteiger partial charge on any atom is -0.380 e. The van der Waals surface area contributed by atoms with Gasteiger partial charge in [-0.15, -0.1) is 0 Å². The summed E-state index contributed by atoms with van der Waals surface area (Å²) in [6.45, 7) is 2.48. The van der Waals surface area contributed by atoms with Crippen molar-refractivity contribution in [2.45, 2.75) is 32.0 Å². The van der Waals surface area contributed by atoms with E-state index in [4.69, 9.17) is 10.00 Å². The van der Waals surface area contributed by atoms with Gasteiger partial charge in [0.05, 0.1) is 29.5 Å². The van der Waals surface area contributed by atoms with Crippen LogP contribution in [0, 0.1) is 23.0 Å². The highest BCUT2D eigenvalue weighted by atomic mass is 19.2. The molecule has 3 rings (SSSR count). The first-order chi connectivity index (χ1) is 12.0. The molecule has 0 unspecified atom stereocenters. The molecule has 0 radical (unpaired) electrons. The Morgan fingerprint density at radius 3 is 2.88 bits per heavy atom. The van der Waals surface area contributed by atoms with Crippen molar-refractivity contribution in [2.75, 3.05) is 18.6 Å². The van der Waals surface area contributed by atoms with Crippen molar-refractivity contribution in [1.82, 2.24) is 14.8 Å². The summed E-state index contributed by atoms with van der Waals surface area (Å²) in [5, 5.41) is 15.5. The second-order valence-corrected chi connectivity index (χ2v) is 5.80. The molecule has 132 valence electrons. The Bertz CT molecular complexity index is 886. The zero-order valence-corrected chi connectivity index (χ0v) is 13.8. The van der Waals surface area contributed by atoms with E-state index < -0.39 is 17.7 Å². The van der Waals surface area contributed by atoms with Crippen LogP contribution in [0.15, 0.2) is 16.9 Å². The van der Waals surface area contributed by atoms with Gasteiger partial charge in [0.1, 0.15) is 0 Å². The molecule has 1 aromatic carbocycles. The lowest BCUT2D eigenvalue weighted by Crippen LogP contribution is -2.29. The van der Waals surface area contributed by atoms with E-state index in [-0.39, 0.29) is 29.6 Å². The molecule has 0 amide bonds. The highest BCUT2D eigenvalue weighted by Crippen LogP contribution is 2.38. The Hall–Kier alpha value is -2.73. The first-order valence-electron chi connectivity index (χ1n) is 7.83. The van der Waals surface area contributed by atoms with E-state index in [0.717, 1.165) is 6.07 Å². The van der Waals surface area contributed by atoms with Gasteiger partial charge in [0.25, 0.3) is 0 Å². The van der Waals surface area contributed by atoms with Crippen molar-refractivity contribution in [1.29, 1.82) is 5.26 Å². The van der Waals surface area contributed by atoms with Gasteiger partial charge in [-0.1, -0.05) is 0 Å². The van der Waals surface area contributed by atoms with Crippen molar-refractivity contribution in [2.24, 2.45) is 0 Å². The van der Waals surface area contributed by atoms with Crippen molar-refractivity contribution in [3.63, 3.8) is 0 Å². The Morgan fingerprint density at radius 2 is 2.24 bits per heavy atom. The van der Waals surface area contributed by atoms with Gasteiger partial charge >= 0.3 is 5.69 Å². The average molecular weight is 349 g/mol. The maximum Gasteiger partial charge on any atom is 0.343 e. The van der Waals surface area contributed by atoms with Gasteiger partial charge in [0.15, 0.2) is 17.5 Å². The topological polar surface area (TPSA) is 86.9 Å². The minimum absolute atomic E-state index is 0.0171. The predicted molar refractivity (Wildman–Crippen MR) is 85.1 cm³/mol. The molecule has 1 aliphatic rings. The van der Waals surface area contributed by atoms with Gasteiger partial charge in [-0.3, -0.25) is 4.57 Å². The van der Waals surface area contributed by atoms with Gasteiger partial charge in [0.2, 0.25) is 0 Å². The number of nitrogens with zero attached hydrogens (tertiary/aromatic N) is 4. The van der Waals surface area contributed by atoms with Crippen LogP contribution in [-0.2, 0) is 11.3 Å². The maximum absolute atomic E-state index is 14.4. The molecule has 2 atom stereocenters. The number of hydrogen-bond acceptors (Lipinski definition) is 5. The molecule has 25 heavy (non-hydrogen) atoms. The Kier molecular flexibility index (Phi) is 4.55. The number of methoxy groups -OCH3 is 1. The summed E-state index contributed by atoms with van der Waals surface area (Å²) in [7, 11) is 1.53. The molecule has 0 aliphatic carbocycles. The zero-order chi connectivity index (χ0) is 18.1. The van der Waals surface area contributed by atoms with Crippen LogP contribution in [0.1, 0.15) is 30.8 Å². The van der Waals surface area contributed by atoms with Crippen LogP contribution >= 0.6 is 0 Å². The number of nitriles is 1. The van der Waals surface area contributed by atoms with Gasteiger partial charge in [0, 0.05) is 26.6 Å². The molecule has 1 N–H and O–H groups in total. The Labute approximate surface area is 142 Å². The molecule has 1 fully saturated rings. The number of aromatic amines is 1. The Balaban J connectivity index is 2.11. The lowest BCUT2D eigenvalue weighted by Gasteiger charge is -2.26. The van der Waals surface area contributed by atoms with Crippen LogP contribution in [-0.4, -0.2) is 34.5 Å². The fourth-order valence-electron chi connectivity index (χ4n) is 3.22. The second-order valence-electron chi connectivity index (χ2n) is 5.80. The van der Waals surface area contributed by atoms with E-state index >= 15 is 0 Å². The summed E-state index contributed by atoms with van der Waals surface area (Å²) in [5.74, 6) is -1.71. The predicted octanol–water partition coefficient (Wildman–Crippen LogP) is 1.71. The van der Waals surface area contributed by atoms with Crippen molar-refractivity contribution in [3.05, 3.63) is 45.6 Å². The van der Waals surface area contributed by atoms with E-state index in [9.17, 15) is 13.6 Å². The van der Waals surface area contributed by atoms with Crippen LogP contribution in [0.25, 0.3) is 0 Å². The lowest BCUT2D eigenvalue weighted by atomic mass is 10.1. The smallest absolute Gasteiger partial charge is 0.343 e. The largest absolute Gasteiger partial charge is 0.380 e. The Morgan fingerprint density at radius 1 is 1.48 bits per heavy atom. The molecule has 1 saturated heterocycles. The highest BCUT2D eigenvalue weighted by Gasteiger charge is 2.38. The number of anilines is 1. The van der Waals surface area contributed by atoms with E-state index in [1.54, 1.807) is 11.8 Å². The molecule has 2 heterocycles. The first kappa shape index (κ1) is 17.1. The van der Waals surface area contributed by atoms with Crippen molar-refractivity contribution in [3.8, 4) is 6.07 Å². The van der Waals surface area contributed by atoms with E-state index in [2.05, 4.69) is 10.2 Å². The lowest BCUT2D eigenvalue weighted by molar-refractivity contribution is 0.118. The third kappa shape index (κ3) is 2.89. The second kappa shape index (κ2) is 6.64. The molecule has 0 bridgehead atoms. The van der Waals surface area contributed by atoms with Crippen LogP contribution in [0.5, 0.6) is 0 Å². The quantitative estimate of drug-likeness (QED) is 0.908. The molecule has 9 heteroatoms. The number of benzene rings is 1. The van der Waals surface area contributed by atoms with Crippen LogP contribution in [0.3, 0.4) is 0 Å². The summed E-state index contributed by atoms with van der Waals surface area (Å²) < 4.78 is 35.1. The number of nitrogens with one attached hydrogen (secondary N) is 1. The number of hydrogen-bond donors (Lipinski definition) is 1. The number of ether oxygens (including phenoxy) is 1. The molecular weight excluding hydrogens is 332 g/mol. The summed E-state index contributed by atoms with van der Waals surface area (Å²) >= 11 is 0. The summed E-state index contributed by atoms with van der Waals surface area (Å²) in [5.41, 5.74) is -0.390. The van der Waals surface area contributed by atoms with E-state index in [0.29, 0.717) is 18.8 Å². The normalized spacial score (nSPS) is 20.0. The van der Waals surface area contributed by atoms with Gasteiger partial charge < -0.3 is 9.64 Å². The third-order valence-electron chi connectivity index (χ3n) is 4.45. The van der Waals surface area contributed by atoms with Crippen LogP contribution < -0.4 is 10.6 Å². The maximum atomic E-state index is 14.4. The first-order valence-corrected chi connectivity index (χ1v) is 7.83. The molecule has 0 saturated carbocycles. The molecule has 1 aromatic heterocycles. The van der Waals surface area contributed by atoms with Crippen LogP contribution in [0.2, 0.25) is 0 Å². The molecule has 7 nitrogen and oxygen atoms in total. The molecule has 2 aromatic rings. The fraction of sp³-hybridized carbons (Fsp3) is 0.438. The fourth-order valence-corrected chi connectivity index (χ4v) is 3.22. The average Bonchev–Trinajstić information content (AvgIpc) is 3.19. The summed E-state index contributed by atoms with van der Waals surface area (Å²) in [4.78, 5) is 13.5.